The summed E-state index contributed by atoms with van der Waals surface area (Å²) in [7, 11) is -2.70. The molecule has 30 heavy (non-hydrogen) atoms. The van der Waals surface area contributed by atoms with E-state index >= 15 is 0 Å². The van der Waals surface area contributed by atoms with Crippen LogP contribution in [-0.2, 0) is 28.4 Å². The van der Waals surface area contributed by atoms with Gasteiger partial charge in [0.2, 0.25) is 15.8 Å². The zero-order chi connectivity index (χ0) is 22.8. The van der Waals surface area contributed by atoms with Crippen LogP contribution in [0, 0.1) is 5.92 Å². The van der Waals surface area contributed by atoms with Crippen LogP contribution in [0.15, 0.2) is 38.8 Å². The van der Waals surface area contributed by atoms with E-state index in [2.05, 4.69) is 0 Å². The molecule has 0 aliphatic rings. The lowest BCUT2D eigenvalue weighted by Gasteiger charge is -2.16. The number of benzene rings is 1. The van der Waals surface area contributed by atoms with Crippen LogP contribution in [0.5, 0.6) is 0 Å². The fourth-order valence-electron chi connectivity index (χ4n) is 2.65. The van der Waals surface area contributed by atoms with Gasteiger partial charge in [-0.2, -0.15) is 0 Å². The molecule has 4 N–H and O–H groups in total. The van der Waals surface area contributed by atoms with E-state index in [9.17, 15) is 27.6 Å². The van der Waals surface area contributed by atoms with Crippen molar-refractivity contribution in [2.24, 2.45) is 18.1 Å². The Labute approximate surface area is 171 Å². The molecule has 1 aromatic carbocycles. The minimum atomic E-state index is -3.92. The second-order valence-corrected chi connectivity index (χ2v) is 8.54. The summed E-state index contributed by atoms with van der Waals surface area (Å²) in [6, 6.07) is 4.57. The second kappa shape index (κ2) is 8.63. The summed E-state index contributed by atoms with van der Waals surface area (Å²) in [6.07, 6.45) is 0. The van der Waals surface area contributed by atoms with Crippen molar-refractivity contribution < 1.29 is 22.7 Å². The first-order valence-corrected chi connectivity index (χ1v) is 10.3. The number of ketones is 1. The van der Waals surface area contributed by atoms with Crippen LogP contribution in [0.4, 0.5) is 5.82 Å². The molecule has 1 heterocycles. The highest BCUT2D eigenvalue weighted by Gasteiger charge is 2.23. The largest absolute Gasteiger partial charge is 0.454 e. The smallest absolute Gasteiger partial charge is 0.338 e. The lowest BCUT2D eigenvalue weighted by molar-refractivity contribution is 0.0474. The number of ether oxygens (including phenoxy) is 1. The van der Waals surface area contributed by atoms with Gasteiger partial charge in [-0.3, -0.25) is 18.7 Å². The van der Waals surface area contributed by atoms with Crippen LogP contribution in [0.2, 0.25) is 0 Å². The Hall–Kier alpha value is -3.25. The monoisotopic (exact) mass is 438 g/mol. The van der Waals surface area contributed by atoms with E-state index in [1.807, 2.05) is 13.8 Å². The van der Waals surface area contributed by atoms with Gasteiger partial charge in [0.15, 0.2) is 6.61 Å². The zero-order valence-corrected chi connectivity index (χ0v) is 17.4. The Kier molecular flexibility index (Phi) is 6.63. The maximum absolute atomic E-state index is 12.5. The van der Waals surface area contributed by atoms with Crippen LogP contribution in [-0.4, -0.2) is 35.9 Å². The third-order valence-electron chi connectivity index (χ3n) is 4.16. The van der Waals surface area contributed by atoms with Crippen LogP contribution in [0.1, 0.15) is 34.6 Å². The molecule has 1 aromatic heterocycles. The number of esters is 1. The molecule has 0 bridgehead atoms. The highest BCUT2D eigenvalue weighted by molar-refractivity contribution is 7.89. The number of Topliss-reactive ketones (excluding diaryl/α,β-unsaturated/α-hetero) is 1. The quantitative estimate of drug-likeness (QED) is 0.428. The average molecular weight is 438 g/mol. The molecule has 11 nitrogen and oxygen atoms in total. The Balaban J connectivity index is 2.26. The molecule has 0 amide bonds. The van der Waals surface area contributed by atoms with E-state index in [1.54, 1.807) is 0 Å². The van der Waals surface area contributed by atoms with Crippen molar-refractivity contribution in [2.45, 2.75) is 25.3 Å². The number of carbonyl (C=O) groups excluding carboxylic acids is 2. The average Bonchev–Trinajstić information content (AvgIpc) is 2.67. The maximum atomic E-state index is 12.5. The van der Waals surface area contributed by atoms with E-state index in [4.69, 9.17) is 15.6 Å². The van der Waals surface area contributed by atoms with Gasteiger partial charge >= 0.3 is 11.7 Å². The molecule has 2 rings (SSSR count). The number of sulfonamides is 1. The Bertz CT molecular complexity index is 1210. The third-order valence-corrected chi connectivity index (χ3v) is 5.09. The van der Waals surface area contributed by atoms with E-state index in [0.717, 1.165) is 21.3 Å². The molecule has 0 radical (unpaired) electrons. The van der Waals surface area contributed by atoms with Crippen molar-refractivity contribution in [3.05, 3.63) is 56.2 Å². The molecular formula is C18H22N4O7S. The highest BCUT2D eigenvalue weighted by Crippen LogP contribution is 2.12. The van der Waals surface area contributed by atoms with Gasteiger partial charge < -0.3 is 10.5 Å². The van der Waals surface area contributed by atoms with E-state index in [0.29, 0.717) is 0 Å². The number of nitrogens with zero attached hydrogens (tertiary/aromatic N) is 2. The van der Waals surface area contributed by atoms with Gasteiger partial charge in [0.05, 0.1) is 10.5 Å². The number of nitrogen functional groups attached to an aromatic ring is 1. The van der Waals surface area contributed by atoms with Gasteiger partial charge in [0.25, 0.3) is 5.56 Å². The topological polar surface area (TPSA) is 174 Å². The number of hydrogen-bond acceptors (Lipinski definition) is 8. The fraction of sp³-hybridized carbons (Fsp3) is 0.333. The van der Waals surface area contributed by atoms with E-state index < -0.39 is 45.2 Å². The molecular weight excluding hydrogens is 416 g/mol. The Morgan fingerprint density at radius 3 is 2.20 bits per heavy atom. The number of hydrogen-bond donors (Lipinski definition) is 2. The first-order chi connectivity index (χ1) is 13.8. The van der Waals surface area contributed by atoms with Crippen LogP contribution >= 0.6 is 0 Å². The predicted molar refractivity (Wildman–Crippen MR) is 108 cm³/mol. The normalized spacial score (nSPS) is 11.5. The number of carbonyl (C=O) groups is 2. The number of rotatable bonds is 7. The molecule has 0 unspecified atom stereocenters. The van der Waals surface area contributed by atoms with Crippen LogP contribution in [0.3, 0.4) is 0 Å². The zero-order valence-electron chi connectivity index (χ0n) is 16.6. The summed E-state index contributed by atoms with van der Waals surface area (Å²) in [5, 5.41) is 4.98. The molecule has 0 atom stereocenters. The van der Waals surface area contributed by atoms with Crippen molar-refractivity contribution in [2.75, 3.05) is 12.3 Å². The first-order valence-electron chi connectivity index (χ1n) is 8.77. The van der Waals surface area contributed by atoms with Crippen LogP contribution in [0.25, 0.3) is 0 Å². The maximum Gasteiger partial charge on any atom is 0.338 e. The van der Waals surface area contributed by atoms with Crippen molar-refractivity contribution in [3.8, 4) is 0 Å². The molecule has 12 heteroatoms. The molecule has 0 saturated heterocycles. The number of primary sulfonamides is 1. The summed E-state index contributed by atoms with van der Waals surface area (Å²) in [5.74, 6) is -2.07. The standard InChI is InChI=1S/C18H22N4O7S/c1-10(2)8-22-15(19)14(16(24)21(3)18(22)26)13(23)9-29-17(25)11-4-6-12(7-5-11)30(20,27)28/h4-7,10H,8-9,19H2,1-3H3,(H2,20,27,28). The first kappa shape index (κ1) is 23.0. The highest BCUT2D eigenvalue weighted by atomic mass is 32.2. The number of nitrogens with two attached hydrogens (primary N) is 2. The van der Waals surface area contributed by atoms with Crippen molar-refractivity contribution in [3.63, 3.8) is 0 Å². The molecule has 0 spiro atoms. The van der Waals surface area contributed by atoms with E-state index in [-0.39, 0.29) is 28.7 Å². The second-order valence-electron chi connectivity index (χ2n) is 6.98. The molecule has 2 aromatic rings. The number of anilines is 1. The summed E-state index contributed by atoms with van der Waals surface area (Å²) >= 11 is 0. The molecule has 0 aliphatic carbocycles. The van der Waals surface area contributed by atoms with Gasteiger partial charge in [-0.05, 0) is 30.2 Å². The van der Waals surface area contributed by atoms with Gasteiger partial charge in [-0.15, -0.1) is 0 Å². The van der Waals surface area contributed by atoms with Crippen molar-refractivity contribution in [1.82, 2.24) is 9.13 Å². The number of aromatic nitrogens is 2. The lowest BCUT2D eigenvalue weighted by Crippen LogP contribution is -2.43. The van der Waals surface area contributed by atoms with Crippen LogP contribution < -0.4 is 22.1 Å². The summed E-state index contributed by atoms with van der Waals surface area (Å²) in [5.41, 5.74) is 3.87. The third kappa shape index (κ3) is 4.83. The van der Waals surface area contributed by atoms with Gasteiger partial charge in [0.1, 0.15) is 11.4 Å². The minimum Gasteiger partial charge on any atom is -0.454 e. The lowest BCUT2D eigenvalue weighted by atomic mass is 10.1. The molecule has 0 saturated carbocycles. The summed E-state index contributed by atoms with van der Waals surface area (Å²) in [4.78, 5) is 49.1. The Morgan fingerprint density at radius 2 is 1.70 bits per heavy atom. The van der Waals surface area contributed by atoms with Gasteiger partial charge in [-0.1, -0.05) is 13.8 Å². The predicted octanol–water partition coefficient (Wildman–Crippen LogP) is -0.528. The summed E-state index contributed by atoms with van der Waals surface area (Å²) < 4.78 is 29.3. The molecule has 0 aliphatic heterocycles. The molecule has 162 valence electrons. The summed E-state index contributed by atoms with van der Waals surface area (Å²) in [6.45, 7) is 3.06. The Morgan fingerprint density at radius 1 is 1.13 bits per heavy atom. The fourth-order valence-corrected chi connectivity index (χ4v) is 3.17. The van der Waals surface area contributed by atoms with Gasteiger partial charge in [-0.25, -0.2) is 23.1 Å². The van der Waals surface area contributed by atoms with E-state index in [1.165, 1.54) is 19.2 Å². The van der Waals surface area contributed by atoms with Crippen molar-refractivity contribution in [1.29, 1.82) is 0 Å². The van der Waals surface area contributed by atoms with Gasteiger partial charge in [0, 0.05) is 13.6 Å². The molecule has 0 fully saturated rings. The van der Waals surface area contributed by atoms with Crippen molar-refractivity contribution >= 4 is 27.6 Å². The minimum absolute atomic E-state index is 0.0172. The SMILES string of the molecule is CC(C)Cn1c(N)c(C(=O)COC(=O)c2ccc(S(N)(=O)=O)cc2)c(=O)n(C)c1=O.